The van der Waals surface area contributed by atoms with E-state index in [-0.39, 0.29) is 0 Å². The van der Waals surface area contributed by atoms with Crippen LogP contribution in [0.5, 0.6) is 5.75 Å². The number of aromatic hydroxyl groups is 1. The van der Waals surface area contributed by atoms with Gasteiger partial charge in [-0.25, -0.2) is 8.78 Å². The summed E-state index contributed by atoms with van der Waals surface area (Å²) in [6, 6.07) is 2.31. The maximum Gasteiger partial charge on any atom is 0.187 e. The summed E-state index contributed by atoms with van der Waals surface area (Å²) in [5, 5.41) is 8.97. The second-order valence-corrected chi connectivity index (χ2v) is 4.45. The van der Waals surface area contributed by atoms with E-state index in [1.54, 1.807) is 0 Å². The van der Waals surface area contributed by atoms with Gasteiger partial charge in [0.25, 0.3) is 0 Å². The van der Waals surface area contributed by atoms with E-state index in [1.165, 1.54) is 0 Å². The van der Waals surface area contributed by atoms with Crippen LogP contribution in [0.1, 0.15) is 5.56 Å². The molecule has 0 radical (unpaired) electrons. The summed E-state index contributed by atoms with van der Waals surface area (Å²) in [6.45, 7) is 2.12. The second kappa shape index (κ2) is 5.93. The van der Waals surface area contributed by atoms with E-state index in [4.69, 9.17) is 5.11 Å². The van der Waals surface area contributed by atoms with Crippen molar-refractivity contribution >= 4 is 0 Å². The predicted octanol–water partition coefficient (Wildman–Crippen LogP) is 1.66. The van der Waals surface area contributed by atoms with Crippen molar-refractivity contribution in [2.75, 3.05) is 34.2 Å². The second-order valence-electron chi connectivity index (χ2n) is 4.45. The Balaban J connectivity index is 2.62. The maximum absolute atomic E-state index is 13.1. The number of hydrogen-bond donors (Lipinski definition) is 1. The lowest BCUT2D eigenvalue weighted by molar-refractivity contribution is 0.275. The van der Waals surface area contributed by atoms with Crippen LogP contribution in [0, 0.1) is 11.6 Å². The fraction of sp³-hybridized carbons (Fsp3) is 0.500. The Morgan fingerprint density at radius 2 is 1.59 bits per heavy atom. The van der Waals surface area contributed by atoms with E-state index in [2.05, 4.69) is 0 Å². The summed E-state index contributed by atoms with van der Waals surface area (Å²) < 4.78 is 26.2. The number of benzene rings is 1. The molecule has 0 amide bonds. The molecule has 1 rings (SSSR count). The molecule has 0 bridgehead atoms. The van der Waals surface area contributed by atoms with Gasteiger partial charge in [0.1, 0.15) is 0 Å². The number of likely N-dealkylation sites (N-methyl/N-ethyl adjacent to an activating group) is 2. The van der Waals surface area contributed by atoms with Gasteiger partial charge in [-0.05, 0) is 38.8 Å². The third kappa shape index (κ3) is 4.28. The zero-order valence-corrected chi connectivity index (χ0v) is 10.4. The Labute approximate surface area is 100 Å². The average Bonchev–Trinajstić information content (AvgIpc) is 2.23. The third-order valence-electron chi connectivity index (χ3n) is 2.46. The molecule has 1 aromatic rings. The number of rotatable bonds is 5. The molecule has 0 aliphatic rings. The Morgan fingerprint density at radius 1 is 1.06 bits per heavy atom. The first-order valence-electron chi connectivity index (χ1n) is 5.40. The van der Waals surface area contributed by atoms with E-state index < -0.39 is 17.4 Å². The lowest BCUT2D eigenvalue weighted by Gasteiger charge is -2.19. The molecule has 0 spiro atoms. The van der Waals surface area contributed by atoms with Crippen molar-refractivity contribution in [2.24, 2.45) is 0 Å². The first kappa shape index (κ1) is 13.9. The van der Waals surface area contributed by atoms with Gasteiger partial charge in [-0.1, -0.05) is 0 Å². The van der Waals surface area contributed by atoms with Gasteiger partial charge in [0.05, 0.1) is 0 Å². The van der Waals surface area contributed by atoms with Crippen molar-refractivity contribution < 1.29 is 13.9 Å². The van der Waals surface area contributed by atoms with Gasteiger partial charge in [-0.3, -0.25) is 0 Å². The van der Waals surface area contributed by atoms with Crippen LogP contribution in [-0.4, -0.2) is 49.1 Å². The van der Waals surface area contributed by atoms with Crippen LogP contribution in [0.2, 0.25) is 0 Å². The van der Waals surface area contributed by atoms with Crippen LogP contribution < -0.4 is 0 Å². The standard InChI is InChI=1S/C12H18F2N2O/c1-15(2)4-5-16(3)8-9-6-10(13)12(17)11(14)7-9/h6-7,17H,4-5,8H2,1-3H3. The average molecular weight is 244 g/mol. The normalized spacial score (nSPS) is 11.5. The molecule has 1 aromatic carbocycles. The van der Waals surface area contributed by atoms with Crippen LogP contribution in [0.3, 0.4) is 0 Å². The fourth-order valence-electron chi connectivity index (χ4n) is 1.47. The predicted molar refractivity (Wildman–Crippen MR) is 62.9 cm³/mol. The van der Waals surface area contributed by atoms with Crippen LogP contribution in [-0.2, 0) is 6.54 Å². The summed E-state index contributed by atoms with van der Waals surface area (Å²) >= 11 is 0. The first-order chi connectivity index (χ1) is 7.90. The van der Waals surface area contributed by atoms with E-state index in [9.17, 15) is 8.78 Å². The Kier molecular flexibility index (Phi) is 4.84. The minimum atomic E-state index is -0.916. The molecule has 0 unspecified atom stereocenters. The molecule has 0 saturated heterocycles. The van der Waals surface area contributed by atoms with Gasteiger partial charge in [0.2, 0.25) is 0 Å². The minimum Gasteiger partial charge on any atom is -0.503 e. The lowest BCUT2D eigenvalue weighted by atomic mass is 10.2. The van der Waals surface area contributed by atoms with E-state index >= 15 is 0 Å². The number of halogens is 2. The van der Waals surface area contributed by atoms with Gasteiger partial charge in [-0.15, -0.1) is 0 Å². The van der Waals surface area contributed by atoms with Crippen molar-refractivity contribution in [3.63, 3.8) is 0 Å². The van der Waals surface area contributed by atoms with E-state index in [0.29, 0.717) is 12.1 Å². The molecule has 0 atom stereocenters. The molecule has 0 saturated carbocycles. The highest BCUT2D eigenvalue weighted by atomic mass is 19.1. The van der Waals surface area contributed by atoms with Crippen molar-refractivity contribution in [1.82, 2.24) is 9.80 Å². The summed E-state index contributed by atoms with van der Waals surface area (Å²) in [5.74, 6) is -2.74. The summed E-state index contributed by atoms with van der Waals surface area (Å²) in [6.07, 6.45) is 0. The molecule has 5 heteroatoms. The molecule has 17 heavy (non-hydrogen) atoms. The molecule has 0 heterocycles. The summed E-state index contributed by atoms with van der Waals surface area (Å²) in [5.41, 5.74) is 0.513. The zero-order chi connectivity index (χ0) is 13.0. The van der Waals surface area contributed by atoms with Crippen LogP contribution >= 0.6 is 0 Å². The van der Waals surface area contributed by atoms with Crippen LogP contribution in [0.4, 0.5) is 8.78 Å². The van der Waals surface area contributed by atoms with Gasteiger partial charge in [-0.2, -0.15) is 0 Å². The number of hydrogen-bond acceptors (Lipinski definition) is 3. The highest BCUT2D eigenvalue weighted by Crippen LogP contribution is 2.21. The van der Waals surface area contributed by atoms with Crippen LogP contribution in [0.15, 0.2) is 12.1 Å². The van der Waals surface area contributed by atoms with Gasteiger partial charge >= 0.3 is 0 Å². The van der Waals surface area contributed by atoms with Crippen molar-refractivity contribution in [2.45, 2.75) is 6.54 Å². The third-order valence-corrected chi connectivity index (χ3v) is 2.46. The Morgan fingerprint density at radius 3 is 2.06 bits per heavy atom. The van der Waals surface area contributed by atoms with E-state index in [0.717, 1.165) is 25.2 Å². The largest absolute Gasteiger partial charge is 0.503 e. The fourth-order valence-corrected chi connectivity index (χ4v) is 1.47. The molecular weight excluding hydrogens is 226 g/mol. The van der Waals surface area contributed by atoms with Gasteiger partial charge < -0.3 is 14.9 Å². The molecule has 1 N–H and O–H groups in total. The van der Waals surface area contributed by atoms with Crippen molar-refractivity contribution in [1.29, 1.82) is 0 Å². The molecule has 96 valence electrons. The molecule has 3 nitrogen and oxygen atoms in total. The highest BCUT2D eigenvalue weighted by Gasteiger charge is 2.10. The van der Waals surface area contributed by atoms with Crippen molar-refractivity contribution in [3.8, 4) is 5.75 Å². The monoisotopic (exact) mass is 244 g/mol. The smallest absolute Gasteiger partial charge is 0.187 e. The topological polar surface area (TPSA) is 26.7 Å². The van der Waals surface area contributed by atoms with Gasteiger partial charge in [0.15, 0.2) is 17.4 Å². The zero-order valence-electron chi connectivity index (χ0n) is 10.4. The molecule has 0 aromatic heterocycles. The first-order valence-corrected chi connectivity index (χ1v) is 5.40. The molecular formula is C12H18F2N2O. The van der Waals surface area contributed by atoms with Gasteiger partial charge in [0, 0.05) is 19.6 Å². The summed E-state index contributed by atoms with van der Waals surface area (Å²) in [7, 11) is 5.81. The Bertz CT molecular complexity index is 360. The van der Waals surface area contributed by atoms with E-state index in [1.807, 2.05) is 30.9 Å². The quantitative estimate of drug-likeness (QED) is 0.853. The summed E-state index contributed by atoms with van der Waals surface area (Å²) in [4.78, 5) is 4.00. The molecule has 0 aliphatic heterocycles. The maximum atomic E-state index is 13.1. The van der Waals surface area contributed by atoms with Crippen LogP contribution in [0.25, 0.3) is 0 Å². The number of phenols is 1. The highest BCUT2D eigenvalue weighted by molar-refractivity contribution is 5.29. The Hall–Kier alpha value is -1.20. The minimum absolute atomic E-state index is 0.446. The lowest BCUT2D eigenvalue weighted by Crippen LogP contribution is -2.28. The molecule has 0 fully saturated rings. The number of nitrogens with zero attached hydrogens (tertiary/aromatic N) is 2. The number of phenolic OH excluding ortho intramolecular Hbond substituents is 1. The van der Waals surface area contributed by atoms with Crippen molar-refractivity contribution in [3.05, 3.63) is 29.3 Å². The molecule has 0 aliphatic carbocycles. The SMILES string of the molecule is CN(C)CCN(C)Cc1cc(F)c(O)c(F)c1.